The number of thiazole rings is 1. The highest BCUT2D eigenvalue weighted by Crippen LogP contribution is 2.26. The van der Waals surface area contributed by atoms with E-state index in [-0.39, 0.29) is 11.6 Å². The predicted molar refractivity (Wildman–Crippen MR) is 79.0 cm³/mol. The Hall–Kier alpha value is -0.940. The van der Waals surface area contributed by atoms with E-state index in [2.05, 4.69) is 23.7 Å². The number of nitrogens with zero attached hydrogens (tertiary/aromatic N) is 2. The molecule has 0 aromatic carbocycles. The summed E-state index contributed by atoms with van der Waals surface area (Å²) >= 11 is 1.54. The summed E-state index contributed by atoms with van der Waals surface area (Å²) in [4.78, 5) is 18.8. The van der Waals surface area contributed by atoms with Crippen LogP contribution in [-0.4, -0.2) is 34.0 Å². The van der Waals surface area contributed by atoms with Crippen LogP contribution in [0.4, 0.5) is 0 Å². The lowest BCUT2D eigenvalue weighted by Crippen LogP contribution is -2.25. The lowest BCUT2D eigenvalue weighted by molar-refractivity contribution is 0.0688. The zero-order valence-electron chi connectivity index (χ0n) is 12.3. The van der Waals surface area contributed by atoms with E-state index in [1.54, 1.807) is 11.3 Å². The lowest BCUT2D eigenvalue weighted by Gasteiger charge is -2.20. The minimum atomic E-state index is -0.911. The van der Waals surface area contributed by atoms with Crippen LogP contribution in [0.5, 0.6) is 0 Å². The van der Waals surface area contributed by atoms with Crippen molar-refractivity contribution in [1.29, 1.82) is 0 Å². The first-order valence-corrected chi connectivity index (χ1v) is 7.76. The monoisotopic (exact) mass is 284 g/mol. The molecule has 19 heavy (non-hydrogen) atoms. The molecular weight excluding hydrogens is 260 g/mol. The Morgan fingerprint density at radius 1 is 1.32 bits per heavy atom. The van der Waals surface area contributed by atoms with Crippen LogP contribution in [0.15, 0.2) is 0 Å². The number of hydrogen-bond acceptors (Lipinski definition) is 4. The molecular formula is C14H24N2O2S. The van der Waals surface area contributed by atoms with Gasteiger partial charge in [0.25, 0.3) is 0 Å². The van der Waals surface area contributed by atoms with E-state index >= 15 is 0 Å². The third-order valence-electron chi connectivity index (χ3n) is 2.86. The average molecular weight is 284 g/mol. The van der Waals surface area contributed by atoms with Crippen LogP contribution in [0.1, 0.15) is 66.8 Å². The van der Waals surface area contributed by atoms with Crippen LogP contribution < -0.4 is 0 Å². The minimum absolute atomic E-state index is 0.242. The normalized spacial score (nSPS) is 11.5. The first-order valence-electron chi connectivity index (χ1n) is 6.94. The summed E-state index contributed by atoms with van der Waals surface area (Å²) in [6.45, 7) is 11.1. The van der Waals surface area contributed by atoms with E-state index in [0.717, 1.165) is 35.8 Å². The molecule has 0 aliphatic heterocycles. The van der Waals surface area contributed by atoms with E-state index < -0.39 is 5.97 Å². The molecule has 0 saturated carbocycles. The Labute approximate surface area is 119 Å². The van der Waals surface area contributed by atoms with Crippen LogP contribution in [0, 0.1) is 0 Å². The van der Waals surface area contributed by atoms with E-state index in [0.29, 0.717) is 6.54 Å². The van der Waals surface area contributed by atoms with Gasteiger partial charge in [0.2, 0.25) is 0 Å². The summed E-state index contributed by atoms with van der Waals surface area (Å²) in [5.41, 5.74) is 0.242. The highest BCUT2D eigenvalue weighted by molar-refractivity contribution is 7.12. The van der Waals surface area contributed by atoms with Gasteiger partial charge in [0.1, 0.15) is 0 Å². The van der Waals surface area contributed by atoms with Crippen molar-refractivity contribution in [3.05, 3.63) is 15.6 Å². The van der Waals surface area contributed by atoms with Crippen LogP contribution in [0.25, 0.3) is 0 Å². The lowest BCUT2D eigenvalue weighted by atomic mass is 10.2. The van der Waals surface area contributed by atoms with Gasteiger partial charge >= 0.3 is 5.97 Å². The summed E-state index contributed by atoms with van der Waals surface area (Å²) in [7, 11) is 0. The molecule has 0 saturated heterocycles. The van der Waals surface area contributed by atoms with Crippen molar-refractivity contribution in [1.82, 2.24) is 9.88 Å². The molecule has 0 amide bonds. The topological polar surface area (TPSA) is 53.4 Å². The van der Waals surface area contributed by atoms with Gasteiger partial charge in [-0.3, -0.25) is 4.90 Å². The Morgan fingerprint density at radius 3 is 2.32 bits per heavy atom. The summed E-state index contributed by atoms with van der Waals surface area (Å²) in [5.74, 6) is -0.631. The van der Waals surface area contributed by atoms with Gasteiger partial charge in [-0.05, 0) is 25.9 Å². The second-order valence-electron chi connectivity index (χ2n) is 5.06. The molecule has 0 spiro atoms. The Bertz CT molecular complexity index is 410. The molecule has 4 nitrogen and oxygen atoms in total. The molecule has 1 aromatic rings. The number of carbonyl (C=O) groups is 1. The fourth-order valence-corrected chi connectivity index (χ4v) is 3.10. The zero-order chi connectivity index (χ0) is 14.4. The molecule has 0 fully saturated rings. The van der Waals surface area contributed by atoms with Gasteiger partial charge in [-0.15, -0.1) is 11.3 Å². The summed E-state index contributed by atoms with van der Waals surface area (Å²) in [6.07, 6.45) is 2.16. The fourth-order valence-electron chi connectivity index (χ4n) is 2.00. The number of aromatic nitrogens is 1. The van der Waals surface area contributed by atoms with E-state index in [4.69, 9.17) is 0 Å². The highest BCUT2D eigenvalue weighted by Gasteiger charge is 2.20. The van der Waals surface area contributed by atoms with Crippen molar-refractivity contribution in [2.75, 3.05) is 13.1 Å². The third-order valence-corrected chi connectivity index (χ3v) is 4.20. The standard InChI is InChI=1S/C14H24N2O2S/c1-5-7-16(8-6-2)9-11-12(14(17)18)15-13(19-11)10(3)4/h10H,5-9H2,1-4H3,(H,17,18). The van der Waals surface area contributed by atoms with Crippen LogP contribution in [0.3, 0.4) is 0 Å². The Morgan fingerprint density at radius 2 is 1.89 bits per heavy atom. The summed E-state index contributed by atoms with van der Waals surface area (Å²) < 4.78 is 0. The van der Waals surface area contributed by atoms with Crippen molar-refractivity contribution in [2.24, 2.45) is 0 Å². The van der Waals surface area contributed by atoms with Crippen molar-refractivity contribution >= 4 is 17.3 Å². The van der Waals surface area contributed by atoms with Gasteiger partial charge in [0.05, 0.1) is 9.88 Å². The molecule has 0 radical (unpaired) electrons. The molecule has 108 valence electrons. The van der Waals surface area contributed by atoms with Crippen LogP contribution >= 0.6 is 11.3 Å². The second-order valence-corrected chi connectivity index (χ2v) is 6.18. The van der Waals surface area contributed by atoms with Gasteiger partial charge in [-0.25, -0.2) is 9.78 Å². The van der Waals surface area contributed by atoms with Crippen molar-refractivity contribution in [3.63, 3.8) is 0 Å². The molecule has 1 aromatic heterocycles. The largest absolute Gasteiger partial charge is 0.476 e. The van der Waals surface area contributed by atoms with Crippen molar-refractivity contribution in [3.8, 4) is 0 Å². The predicted octanol–water partition coefficient (Wildman–Crippen LogP) is 3.59. The Kier molecular flexibility index (Phi) is 6.45. The van der Waals surface area contributed by atoms with E-state index in [1.165, 1.54) is 0 Å². The fraction of sp³-hybridized carbons (Fsp3) is 0.714. The number of hydrogen-bond donors (Lipinski definition) is 1. The van der Waals surface area contributed by atoms with Gasteiger partial charge in [-0.2, -0.15) is 0 Å². The smallest absolute Gasteiger partial charge is 0.355 e. The van der Waals surface area contributed by atoms with Gasteiger partial charge in [0.15, 0.2) is 5.69 Å². The second kappa shape index (κ2) is 7.60. The number of carboxylic acids is 1. The third kappa shape index (κ3) is 4.58. The summed E-state index contributed by atoms with van der Waals surface area (Å²) in [6, 6.07) is 0. The minimum Gasteiger partial charge on any atom is -0.476 e. The van der Waals surface area contributed by atoms with Gasteiger partial charge in [-0.1, -0.05) is 27.7 Å². The average Bonchev–Trinajstić information content (AvgIpc) is 2.74. The number of aromatic carboxylic acids is 1. The highest BCUT2D eigenvalue weighted by atomic mass is 32.1. The summed E-state index contributed by atoms with van der Waals surface area (Å²) in [5, 5.41) is 10.2. The van der Waals surface area contributed by atoms with Crippen LogP contribution in [-0.2, 0) is 6.54 Å². The number of carboxylic acid groups (broad SMARTS) is 1. The molecule has 0 aliphatic rings. The van der Waals surface area contributed by atoms with Crippen molar-refractivity contribution < 1.29 is 9.90 Å². The Balaban J connectivity index is 2.93. The SMILES string of the molecule is CCCN(CCC)Cc1sc(C(C)C)nc1C(=O)O. The molecule has 0 bridgehead atoms. The maximum Gasteiger partial charge on any atom is 0.355 e. The molecule has 1 rings (SSSR count). The molecule has 0 aliphatic carbocycles. The van der Waals surface area contributed by atoms with Crippen LogP contribution in [0.2, 0.25) is 0 Å². The van der Waals surface area contributed by atoms with E-state index in [9.17, 15) is 9.90 Å². The molecule has 5 heteroatoms. The molecule has 1 N–H and O–H groups in total. The maximum absolute atomic E-state index is 11.3. The molecule has 0 unspecified atom stereocenters. The first kappa shape index (κ1) is 16.1. The quantitative estimate of drug-likeness (QED) is 0.792. The zero-order valence-corrected chi connectivity index (χ0v) is 13.1. The van der Waals surface area contributed by atoms with Gasteiger partial charge in [0, 0.05) is 12.5 Å². The van der Waals surface area contributed by atoms with E-state index in [1.807, 2.05) is 13.8 Å². The number of rotatable bonds is 8. The molecule has 0 atom stereocenters. The maximum atomic E-state index is 11.3. The molecule has 1 heterocycles. The van der Waals surface area contributed by atoms with Gasteiger partial charge < -0.3 is 5.11 Å². The van der Waals surface area contributed by atoms with Crippen molar-refractivity contribution in [2.45, 2.75) is 53.0 Å². The first-order chi connectivity index (χ1) is 8.99.